The van der Waals surface area contributed by atoms with Crippen LogP contribution in [0.1, 0.15) is 86.0 Å². The van der Waals surface area contributed by atoms with Crippen LogP contribution in [-0.2, 0) is 42.7 Å². The van der Waals surface area contributed by atoms with Gasteiger partial charge >= 0.3 is 5.97 Å². The lowest BCUT2D eigenvalue weighted by Crippen LogP contribution is -2.65. The van der Waals surface area contributed by atoms with Crippen molar-refractivity contribution in [3.63, 3.8) is 0 Å². The SMILES string of the molecule is CC(=O)OC[C@H]1O[C@@H](O[C@H]2CC[C@]3(C)C4=C(CC[C@H]3C2)C2=CC[C@H]([C@H]3[C@H]5O[C@]6(C)OC[C@H](C)[C@@]6(O)[C@H]5O[C@@H]3O)[C@@]2(C)CC4)[C@H](O[C@@H]2O[C@H](CO)[C@H](O)[C@H](O)[C@H]2O)[C@@H](O)[C@@H]1O. The van der Waals surface area contributed by atoms with Gasteiger partial charge in [0.25, 0.3) is 0 Å². The number of carbonyl (C=O) groups is 1. The highest BCUT2D eigenvalue weighted by Crippen LogP contribution is 2.67. The van der Waals surface area contributed by atoms with Crippen molar-refractivity contribution < 1.29 is 83.5 Å². The minimum atomic E-state index is -1.77. The van der Waals surface area contributed by atoms with Gasteiger partial charge in [0.1, 0.15) is 61.5 Å². The topological polar surface area (TPSA) is 253 Å². The van der Waals surface area contributed by atoms with Gasteiger partial charge in [0, 0.05) is 18.8 Å². The van der Waals surface area contributed by atoms with Crippen LogP contribution in [0.15, 0.2) is 22.8 Å². The highest BCUT2D eigenvalue weighted by molar-refractivity contribution is 5.65. The van der Waals surface area contributed by atoms with E-state index in [0.717, 1.165) is 38.5 Å². The van der Waals surface area contributed by atoms with Gasteiger partial charge in [-0.2, -0.15) is 0 Å². The Morgan fingerprint density at radius 3 is 2.33 bits per heavy atom. The second-order valence-electron chi connectivity index (χ2n) is 19.7. The molecule has 1 saturated carbocycles. The van der Waals surface area contributed by atoms with Crippen molar-refractivity contribution in [2.75, 3.05) is 19.8 Å². The molecule has 17 heteroatoms. The first-order valence-electron chi connectivity index (χ1n) is 21.9. The molecule has 6 fully saturated rings. The number of aliphatic hydroxyl groups excluding tert-OH is 7. The maximum absolute atomic E-state index is 11.9. The number of fused-ring (bicyclic) bond motifs is 7. The number of ether oxygens (including phenoxy) is 8. The van der Waals surface area contributed by atoms with Crippen LogP contribution in [0, 0.1) is 34.5 Å². The Balaban J connectivity index is 0.909. The number of allylic oxidation sites excluding steroid dienone is 4. The molecule has 0 bridgehead atoms. The molecule has 5 saturated heterocycles. The van der Waals surface area contributed by atoms with Gasteiger partial charge in [0.05, 0.1) is 25.4 Å². The average molecular weight is 853 g/mol. The summed E-state index contributed by atoms with van der Waals surface area (Å²) in [5.74, 6) is -2.04. The Hall–Kier alpha value is -1.65. The summed E-state index contributed by atoms with van der Waals surface area (Å²) >= 11 is 0. The van der Waals surface area contributed by atoms with Gasteiger partial charge in [-0.25, -0.2) is 0 Å². The molecule has 9 rings (SSSR count). The number of rotatable bonds is 8. The van der Waals surface area contributed by atoms with Crippen LogP contribution in [0.5, 0.6) is 0 Å². The molecule has 0 radical (unpaired) electrons. The molecule has 4 aliphatic carbocycles. The molecule has 22 atom stereocenters. The Bertz CT molecular complexity index is 1720. The summed E-state index contributed by atoms with van der Waals surface area (Å²) in [5, 5.41) is 86.9. The van der Waals surface area contributed by atoms with Crippen LogP contribution in [0.25, 0.3) is 0 Å². The van der Waals surface area contributed by atoms with Gasteiger partial charge in [0.2, 0.25) is 0 Å². The Morgan fingerprint density at radius 1 is 0.867 bits per heavy atom. The second kappa shape index (κ2) is 15.5. The summed E-state index contributed by atoms with van der Waals surface area (Å²) in [5.41, 5.74) is 2.55. The minimum Gasteiger partial charge on any atom is -0.463 e. The smallest absolute Gasteiger partial charge is 0.302 e. The van der Waals surface area contributed by atoms with E-state index in [1.807, 2.05) is 6.92 Å². The van der Waals surface area contributed by atoms with Crippen molar-refractivity contribution in [1.82, 2.24) is 0 Å². The van der Waals surface area contributed by atoms with E-state index in [2.05, 4.69) is 19.9 Å². The van der Waals surface area contributed by atoms with Gasteiger partial charge in [-0.05, 0) is 92.1 Å². The predicted octanol–water partition coefficient (Wildman–Crippen LogP) is 0.0555. The van der Waals surface area contributed by atoms with Crippen molar-refractivity contribution in [3.8, 4) is 0 Å². The lowest BCUT2D eigenvalue weighted by molar-refractivity contribution is -0.373. The third-order valence-corrected chi connectivity index (χ3v) is 16.7. The van der Waals surface area contributed by atoms with E-state index in [-0.39, 0.29) is 47.2 Å². The van der Waals surface area contributed by atoms with E-state index in [1.165, 1.54) is 23.6 Å². The molecule has 5 aliphatic heterocycles. The standard InChI is InChI=1S/C43H64O17/c1-18-16-54-42(5)43(18,52)36-34(60-42)28(37(51)59-36)25-9-8-23-22-7-6-20-14-21(10-12-40(20,3)24(22)11-13-41(23,25)4)55-39-35(32(49)30(47)27(57-39)17-53-19(2)45)58-38-33(50)31(48)29(46)26(15-44)56-38/h8,18,20-21,25-39,44,46-52H,6-7,9-17H2,1-5H3/t18-,20-,21-,25+,26+,27+,28-,29-,30+,31-,32-,33+,34+,35+,36-,37-,38-,39+,40-,41-,42-,43+/m0/s1. The van der Waals surface area contributed by atoms with E-state index in [4.69, 9.17) is 37.9 Å². The van der Waals surface area contributed by atoms with E-state index in [0.29, 0.717) is 19.4 Å². The highest BCUT2D eigenvalue weighted by atomic mass is 16.8. The van der Waals surface area contributed by atoms with Crippen LogP contribution < -0.4 is 0 Å². The Morgan fingerprint density at radius 2 is 1.60 bits per heavy atom. The van der Waals surface area contributed by atoms with Crippen LogP contribution in [-0.4, -0.2) is 164 Å². The van der Waals surface area contributed by atoms with Gasteiger partial charge < -0.3 is 78.7 Å². The minimum absolute atomic E-state index is 0.0507. The van der Waals surface area contributed by atoms with Gasteiger partial charge in [-0.1, -0.05) is 32.4 Å². The van der Waals surface area contributed by atoms with Crippen molar-refractivity contribution >= 4 is 5.97 Å². The monoisotopic (exact) mass is 852 g/mol. The first kappa shape index (κ1) is 43.6. The number of aliphatic hydroxyl groups is 8. The zero-order valence-electron chi connectivity index (χ0n) is 35.0. The Kier molecular flexibility index (Phi) is 11.3. The first-order chi connectivity index (χ1) is 28.4. The van der Waals surface area contributed by atoms with Crippen molar-refractivity contribution in [3.05, 3.63) is 22.8 Å². The molecule has 60 heavy (non-hydrogen) atoms. The molecule has 0 amide bonds. The summed E-state index contributed by atoms with van der Waals surface area (Å²) in [7, 11) is 0. The Labute approximate surface area is 349 Å². The molecule has 0 spiro atoms. The fourth-order valence-electron chi connectivity index (χ4n) is 13.1. The predicted molar refractivity (Wildman–Crippen MR) is 204 cm³/mol. The molecule has 0 unspecified atom stereocenters. The molecule has 0 aromatic heterocycles. The third-order valence-electron chi connectivity index (χ3n) is 16.7. The molecule has 0 aromatic rings. The van der Waals surface area contributed by atoms with E-state index >= 15 is 0 Å². The lowest BCUT2D eigenvalue weighted by Gasteiger charge is -2.54. The number of hydrogen-bond acceptors (Lipinski definition) is 17. The number of carbonyl (C=O) groups excluding carboxylic acids is 1. The second-order valence-corrected chi connectivity index (χ2v) is 19.7. The third kappa shape index (κ3) is 6.47. The van der Waals surface area contributed by atoms with Gasteiger partial charge in [0.15, 0.2) is 30.3 Å². The molecular formula is C43H64O17. The zero-order valence-corrected chi connectivity index (χ0v) is 35.0. The number of esters is 1. The molecule has 0 aromatic carbocycles. The molecule has 338 valence electrons. The van der Waals surface area contributed by atoms with Crippen LogP contribution in [0.4, 0.5) is 0 Å². The summed E-state index contributed by atoms with van der Waals surface area (Å²) in [6, 6.07) is 0. The molecule has 9 aliphatic rings. The summed E-state index contributed by atoms with van der Waals surface area (Å²) in [6.07, 6.45) is -9.00. The largest absolute Gasteiger partial charge is 0.463 e. The lowest BCUT2D eigenvalue weighted by atomic mass is 9.51. The first-order valence-corrected chi connectivity index (χ1v) is 21.9. The average Bonchev–Trinajstić information content (AvgIpc) is 3.86. The molecular weight excluding hydrogens is 788 g/mol. The zero-order chi connectivity index (χ0) is 42.8. The highest BCUT2D eigenvalue weighted by Gasteiger charge is 2.75. The number of hydrogen-bond donors (Lipinski definition) is 8. The molecule has 17 nitrogen and oxygen atoms in total. The van der Waals surface area contributed by atoms with Crippen LogP contribution >= 0.6 is 0 Å². The summed E-state index contributed by atoms with van der Waals surface area (Å²) in [6.45, 7) is 8.90. The van der Waals surface area contributed by atoms with Gasteiger partial charge in [-0.3, -0.25) is 4.79 Å². The fourth-order valence-corrected chi connectivity index (χ4v) is 13.1. The van der Waals surface area contributed by atoms with Crippen molar-refractivity contribution in [1.29, 1.82) is 0 Å². The normalized spacial score (nSPS) is 54.8. The van der Waals surface area contributed by atoms with E-state index in [9.17, 15) is 45.6 Å². The van der Waals surface area contributed by atoms with Crippen LogP contribution in [0.3, 0.4) is 0 Å². The molecule has 5 heterocycles. The summed E-state index contributed by atoms with van der Waals surface area (Å²) in [4.78, 5) is 11.7. The maximum atomic E-state index is 11.9. The maximum Gasteiger partial charge on any atom is 0.302 e. The van der Waals surface area contributed by atoms with Crippen LogP contribution in [0.2, 0.25) is 0 Å². The molecule has 8 N–H and O–H groups in total. The quantitative estimate of drug-likeness (QED) is 0.150. The van der Waals surface area contributed by atoms with Crippen molar-refractivity contribution in [2.45, 2.75) is 183 Å². The van der Waals surface area contributed by atoms with E-state index < -0.39 is 104 Å². The van der Waals surface area contributed by atoms with E-state index in [1.54, 1.807) is 6.92 Å². The van der Waals surface area contributed by atoms with Gasteiger partial charge in [-0.15, -0.1) is 0 Å². The summed E-state index contributed by atoms with van der Waals surface area (Å²) < 4.78 is 48.1. The fraction of sp³-hybridized carbons (Fsp3) is 0.884. The van der Waals surface area contributed by atoms with Crippen molar-refractivity contribution in [2.24, 2.45) is 34.5 Å².